The molecule has 508 valence electrons. The Morgan fingerprint density at radius 2 is 0.547 bits per heavy atom. The zero-order valence-corrected chi connectivity index (χ0v) is 58.3. The van der Waals surface area contributed by atoms with Gasteiger partial charge in [0, 0.05) is 12.8 Å². The Balaban J connectivity index is 3.32. The summed E-state index contributed by atoms with van der Waals surface area (Å²) in [5.41, 5.74) is 0. The minimum absolute atomic E-state index is 0.0155. The van der Waals surface area contributed by atoms with Crippen molar-refractivity contribution in [3.05, 3.63) is 36.5 Å². The van der Waals surface area contributed by atoms with Crippen LogP contribution < -0.4 is 5.32 Å². The van der Waals surface area contributed by atoms with E-state index in [-0.39, 0.29) is 18.5 Å². The van der Waals surface area contributed by atoms with Gasteiger partial charge < -0.3 is 20.3 Å². The lowest BCUT2D eigenvalue weighted by Crippen LogP contribution is -2.45. The van der Waals surface area contributed by atoms with Crippen LogP contribution in [0.2, 0.25) is 0 Å². The van der Waals surface area contributed by atoms with Gasteiger partial charge in [0.2, 0.25) is 5.91 Å². The molecular formula is C80H153NO5. The first-order valence-corrected chi connectivity index (χ1v) is 39.3. The van der Waals surface area contributed by atoms with Crippen molar-refractivity contribution in [2.45, 2.75) is 450 Å². The van der Waals surface area contributed by atoms with Gasteiger partial charge in [-0.3, -0.25) is 9.59 Å². The van der Waals surface area contributed by atoms with Crippen molar-refractivity contribution >= 4 is 11.9 Å². The summed E-state index contributed by atoms with van der Waals surface area (Å²) in [6.07, 6.45) is 98.5. The van der Waals surface area contributed by atoms with Crippen molar-refractivity contribution in [3.63, 3.8) is 0 Å². The number of unbranched alkanes of at least 4 members (excludes halogenated alkanes) is 59. The molecule has 1 amide bonds. The third-order valence-corrected chi connectivity index (χ3v) is 18.4. The number of amides is 1. The molecule has 0 aromatic carbocycles. The first-order chi connectivity index (χ1) is 42.5. The number of aliphatic hydroxyl groups excluding tert-OH is 2. The second-order valence-corrected chi connectivity index (χ2v) is 27.0. The van der Waals surface area contributed by atoms with Crippen LogP contribution in [0.15, 0.2) is 36.5 Å². The molecule has 0 bridgehead atoms. The van der Waals surface area contributed by atoms with Gasteiger partial charge in [-0.15, -0.1) is 0 Å². The van der Waals surface area contributed by atoms with E-state index in [1.807, 2.05) is 6.08 Å². The van der Waals surface area contributed by atoms with Crippen molar-refractivity contribution < 1.29 is 24.5 Å². The van der Waals surface area contributed by atoms with Crippen molar-refractivity contribution in [1.82, 2.24) is 5.32 Å². The van der Waals surface area contributed by atoms with E-state index in [2.05, 4.69) is 43.5 Å². The smallest absolute Gasteiger partial charge is 0.305 e. The van der Waals surface area contributed by atoms with Crippen molar-refractivity contribution in [2.75, 3.05) is 13.2 Å². The number of rotatable bonds is 74. The number of esters is 1. The zero-order chi connectivity index (χ0) is 62.0. The molecule has 0 saturated carbocycles. The third kappa shape index (κ3) is 71.2. The quantitative estimate of drug-likeness (QED) is 0.0320. The Hall–Kier alpha value is -1.92. The molecule has 0 saturated heterocycles. The third-order valence-electron chi connectivity index (χ3n) is 18.4. The van der Waals surface area contributed by atoms with Crippen LogP contribution >= 0.6 is 0 Å². The van der Waals surface area contributed by atoms with Crippen LogP contribution in [0.3, 0.4) is 0 Å². The van der Waals surface area contributed by atoms with Gasteiger partial charge in [-0.2, -0.15) is 0 Å². The predicted octanol–water partition coefficient (Wildman–Crippen LogP) is 25.8. The van der Waals surface area contributed by atoms with E-state index < -0.39 is 12.1 Å². The maximum atomic E-state index is 12.5. The Morgan fingerprint density at radius 3 is 0.826 bits per heavy atom. The van der Waals surface area contributed by atoms with Crippen molar-refractivity contribution in [1.29, 1.82) is 0 Å². The number of carbonyl (C=O) groups is 2. The Morgan fingerprint density at radius 1 is 0.314 bits per heavy atom. The van der Waals surface area contributed by atoms with Crippen LogP contribution in [0.5, 0.6) is 0 Å². The molecular weight excluding hydrogens is 1050 g/mol. The summed E-state index contributed by atoms with van der Waals surface area (Å²) >= 11 is 0. The minimum Gasteiger partial charge on any atom is -0.466 e. The van der Waals surface area contributed by atoms with Gasteiger partial charge in [0.05, 0.1) is 25.4 Å². The monoisotopic (exact) mass is 1210 g/mol. The number of nitrogens with one attached hydrogen (secondary N) is 1. The summed E-state index contributed by atoms with van der Waals surface area (Å²) in [5.74, 6) is -0.0459. The fourth-order valence-electron chi connectivity index (χ4n) is 12.4. The lowest BCUT2D eigenvalue weighted by molar-refractivity contribution is -0.143. The highest BCUT2D eigenvalue weighted by atomic mass is 16.5. The molecule has 86 heavy (non-hydrogen) atoms. The second kappa shape index (κ2) is 75.5. The topological polar surface area (TPSA) is 95.9 Å². The molecule has 2 atom stereocenters. The number of allylic oxidation sites excluding steroid dienone is 5. The Bertz CT molecular complexity index is 1390. The fourth-order valence-corrected chi connectivity index (χ4v) is 12.4. The van der Waals surface area contributed by atoms with Crippen LogP contribution in [-0.4, -0.2) is 47.4 Å². The maximum absolute atomic E-state index is 12.5. The molecule has 0 radical (unpaired) electrons. The van der Waals surface area contributed by atoms with Crippen molar-refractivity contribution in [2.24, 2.45) is 0 Å². The number of hydrogen-bond donors (Lipinski definition) is 3. The molecule has 0 aliphatic carbocycles. The Kier molecular flexibility index (Phi) is 73.9. The van der Waals surface area contributed by atoms with Crippen LogP contribution in [0.4, 0.5) is 0 Å². The van der Waals surface area contributed by atoms with Gasteiger partial charge in [-0.05, 0) is 83.5 Å². The van der Waals surface area contributed by atoms with Gasteiger partial charge in [-0.1, -0.05) is 378 Å². The molecule has 6 heteroatoms. The normalized spacial score (nSPS) is 12.7. The summed E-state index contributed by atoms with van der Waals surface area (Å²) in [5, 5.41) is 23.2. The molecule has 0 rings (SSSR count). The zero-order valence-electron chi connectivity index (χ0n) is 58.3. The average Bonchev–Trinajstić information content (AvgIpc) is 3.51. The summed E-state index contributed by atoms with van der Waals surface area (Å²) in [7, 11) is 0. The molecule has 0 heterocycles. The molecule has 0 aliphatic heterocycles. The van der Waals surface area contributed by atoms with E-state index in [9.17, 15) is 19.8 Å². The fraction of sp³-hybridized carbons (Fsp3) is 0.900. The molecule has 0 fully saturated rings. The average molecular weight is 1210 g/mol. The van der Waals surface area contributed by atoms with E-state index in [0.29, 0.717) is 19.4 Å². The van der Waals surface area contributed by atoms with Gasteiger partial charge in [0.15, 0.2) is 0 Å². The molecule has 0 spiro atoms. The highest BCUT2D eigenvalue weighted by Crippen LogP contribution is 2.19. The number of carbonyl (C=O) groups excluding carboxylic acids is 2. The van der Waals surface area contributed by atoms with Gasteiger partial charge >= 0.3 is 5.97 Å². The lowest BCUT2D eigenvalue weighted by Gasteiger charge is -2.20. The largest absolute Gasteiger partial charge is 0.466 e. The van der Waals surface area contributed by atoms with Gasteiger partial charge in [0.1, 0.15) is 0 Å². The molecule has 0 aliphatic rings. The summed E-state index contributed by atoms with van der Waals surface area (Å²) < 4.78 is 5.50. The van der Waals surface area contributed by atoms with Crippen molar-refractivity contribution in [3.8, 4) is 0 Å². The van der Waals surface area contributed by atoms with E-state index in [1.54, 1.807) is 6.08 Å². The molecule has 0 aromatic rings. The Labute approximate surface area is 538 Å². The number of hydrogen-bond acceptors (Lipinski definition) is 5. The van der Waals surface area contributed by atoms with E-state index in [4.69, 9.17) is 4.74 Å². The van der Waals surface area contributed by atoms with Crippen LogP contribution in [-0.2, 0) is 14.3 Å². The number of ether oxygens (including phenoxy) is 1. The summed E-state index contributed by atoms with van der Waals surface area (Å²) in [6.45, 7) is 4.93. The molecule has 0 aromatic heterocycles. The summed E-state index contributed by atoms with van der Waals surface area (Å²) in [6, 6.07) is -0.624. The van der Waals surface area contributed by atoms with E-state index in [1.165, 1.54) is 366 Å². The highest BCUT2D eigenvalue weighted by molar-refractivity contribution is 5.76. The summed E-state index contributed by atoms with van der Waals surface area (Å²) in [4.78, 5) is 24.6. The molecule has 3 N–H and O–H groups in total. The van der Waals surface area contributed by atoms with E-state index >= 15 is 0 Å². The lowest BCUT2D eigenvalue weighted by atomic mass is 10.0. The van der Waals surface area contributed by atoms with E-state index in [0.717, 1.165) is 44.9 Å². The SMILES string of the molecule is CCCCCCCCC/C=C\CCCCCCCC(=O)OCCCCCCCCCCCCCCCCCCCC/C=C\CCCCCCCCCCCCCCCCCCCC(=O)NC(CO)C(O)/C=C/CCCCCCCCCCCCCC. The maximum Gasteiger partial charge on any atom is 0.305 e. The van der Waals surface area contributed by atoms with Crippen LogP contribution in [0.25, 0.3) is 0 Å². The number of aliphatic hydroxyl groups is 2. The first-order valence-electron chi connectivity index (χ1n) is 39.3. The standard InChI is InChI=1S/C80H153NO5/c1-3-5-7-9-11-13-15-17-19-46-50-54-58-62-66-70-74-80(85)86-75-71-67-63-59-55-51-47-44-42-40-38-36-34-32-30-28-26-24-22-20-21-23-25-27-29-31-33-35-37-39-41-43-45-49-53-57-61-65-69-73-79(84)81-77(76-82)78(83)72-68-64-60-56-52-48-18-16-14-12-10-8-6-4-2/h19-21,46,68,72,77-78,82-83H,3-18,22-45,47-67,69-71,73-76H2,1-2H3,(H,81,84)/b21-20-,46-19-,72-68+. The van der Waals surface area contributed by atoms with Gasteiger partial charge in [0.25, 0.3) is 0 Å². The second-order valence-electron chi connectivity index (χ2n) is 27.0. The van der Waals surface area contributed by atoms with Gasteiger partial charge in [-0.25, -0.2) is 0 Å². The molecule has 2 unspecified atom stereocenters. The highest BCUT2D eigenvalue weighted by Gasteiger charge is 2.18. The molecule has 6 nitrogen and oxygen atoms in total. The minimum atomic E-state index is -0.841. The van der Waals surface area contributed by atoms with Crippen LogP contribution in [0, 0.1) is 0 Å². The first kappa shape index (κ1) is 84.1. The predicted molar refractivity (Wildman–Crippen MR) is 379 cm³/mol. The van der Waals surface area contributed by atoms with Crippen LogP contribution in [0.1, 0.15) is 438 Å².